The summed E-state index contributed by atoms with van der Waals surface area (Å²) in [4.78, 5) is 50.1. The highest BCUT2D eigenvalue weighted by molar-refractivity contribution is 6.30. The van der Waals surface area contributed by atoms with Crippen LogP contribution in [-0.2, 0) is 24.5 Å². The predicted octanol–water partition coefficient (Wildman–Crippen LogP) is 4.85. The highest BCUT2D eigenvalue weighted by Crippen LogP contribution is 2.40. The fraction of sp³-hybridized carbons (Fsp3) is 0.467. The first kappa shape index (κ1) is 31.1. The third-order valence-corrected chi connectivity index (χ3v) is 7.34. The van der Waals surface area contributed by atoms with Gasteiger partial charge in [0.25, 0.3) is 0 Å². The first-order chi connectivity index (χ1) is 18.9. The summed E-state index contributed by atoms with van der Waals surface area (Å²) in [6.45, 7) is 8.03. The zero-order valence-corrected chi connectivity index (χ0v) is 24.0. The Morgan fingerprint density at radius 3 is 2.50 bits per heavy atom. The number of alkyl carbamates (subject to hydrolysis) is 1. The second-order valence-corrected chi connectivity index (χ2v) is 11.6. The zero-order chi connectivity index (χ0) is 29.4. The minimum atomic E-state index is -1.00. The molecule has 8 nitrogen and oxygen atoms in total. The maximum absolute atomic E-state index is 14.2. The first-order valence-electron chi connectivity index (χ1n) is 13.4. The van der Waals surface area contributed by atoms with E-state index in [1.54, 1.807) is 24.3 Å². The molecule has 10 heteroatoms. The average molecular weight is 574 g/mol. The summed E-state index contributed by atoms with van der Waals surface area (Å²) in [5, 5.41) is 8.52. The maximum Gasteiger partial charge on any atom is 0.408 e. The Kier molecular flexibility index (Phi) is 10.7. The van der Waals surface area contributed by atoms with Gasteiger partial charge in [0.05, 0.1) is 6.04 Å². The number of nitrogens with one attached hydrogen (secondary N) is 3. The van der Waals surface area contributed by atoms with Gasteiger partial charge in [-0.25, -0.2) is 9.18 Å². The second kappa shape index (κ2) is 13.7. The lowest BCUT2D eigenvalue weighted by Gasteiger charge is -2.35. The number of hydrogen-bond donors (Lipinski definition) is 3. The lowest BCUT2D eigenvalue weighted by Crippen LogP contribution is -2.51. The molecule has 1 aliphatic rings. The molecule has 3 rings (SSSR count). The van der Waals surface area contributed by atoms with E-state index in [1.807, 2.05) is 33.8 Å². The summed E-state index contributed by atoms with van der Waals surface area (Å²) in [6.07, 6.45) is -0.172. The molecule has 216 valence electrons. The van der Waals surface area contributed by atoms with Gasteiger partial charge in [0.2, 0.25) is 11.8 Å². The molecule has 2 aromatic carbocycles. The van der Waals surface area contributed by atoms with Crippen LogP contribution in [0.5, 0.6) is 0 Å². The fourth-order valence-electron chi connectivity index (χ4n) is 4.94. The Balaban J connectivity index is 1.80. The second-order valence-electron chi connectivity index (χ2n) is 11.2. The van der Waals surface area contributed by atoms with E-state index in [-0.39, 0.29) is 30.6 Å². The zero-order valence-electron chi connectivity index (χ0n) is 23.2. The fourth-order valence-corrected chi connectivity index (χ4v) is 5.13. The monoisotopic (exact) mass is 573 g/mol. The van der Waals surface area contributed by atoms with Crippen LogP contribution < -0.4 is 16.0 Å². The van der Waals surface area contributed by atoms with Crippen LogP contribution in [0.3, 0.4) is 0 Å². The molecule has 1 aliphatic heterocycles. The van der Waals surface area contributed by atoms with Crippen molar-refractivity contribution in [3.63, 3.8) is 0 Å². The smallest absolute Gasteiger partial charge is 0.408 e. The molecule has 4 atom stereocenters. The van der Waals surface area contributed by atoms with Gasteiger partial charge in [-0.15, -0.1) is 0 Å². The summed E-state index contributed by atoms with van der Waals surface area (Å²) in [5.41, 5.74) is 0.361. The summed E-state index contributed by atoms with van der Waals surface area (Å²) < 4.78 is 20.1. The molecule has 2 aromatic rings. The molecular formula is C30H37ClFN3O5. The van der Waals surface area contributed by atoms with Crippen molar-refractivity contribution >= 4 is 35.8 Å². The highest BCUT2D eigenvalue weighted by Gasteiger charge is 2.37. The van der Waals surface area contributed by atoms with Crippen molar-refractivity contribution in [1.29, 1.82) is 0 Å². The Hall–Kier alpha value is -3.46. The molecule has 0 aliphatic carbocycles. The van der Waals surface area contributed by atoms with Gasteiger partial charge in [-0.1, -0.05) is 63.6 Å². The summed E-state index contributed by atoms with van der Waals surface area (Å²) in [6, 6.07) is 11.0. The van der Waals surface area contributed by atoms with Gasteiger partial charge in [0.1, 0.15) is 24.2 Å². The van der Waals surface area contributed by atoms with Gasteiger partial charge in [-0.3, -0.25) is 9.59 Å². The van der Waals surface area contributed by atoms with Crippen molar-refractivity contribution in [3.8, 4) is 0 Å². The number of ether oxygens (including phenoxy) is 1. The number of rotatable bonds is 12. The molecule has 3 N–H and O–H groups in total. The van der Waals surface area contributed by atoms with E-state index in [1.165, 1.54) is 18.2 Å². The van der Waals surface area contributed by atoms with Crippen LogP contribution in [0.4, 0.5) is 9.18 Å². The van der Waals surface area contributed by atoms with Crippen LogP contribution in [0.2, 0.25) is 5.02 Å². The van der Waals surface area contributed by atoms with E-state index in [9.17, 15) is 23.6 Å². The minimum Gasteiger partial charge on any atom is -0.440 e. The molecule has 0 aromatic heterocycles. The molecule has 0 unspecified atom stereocenters. The largest absolute Gasteiger partial charge is 0.440 e. The van der Waals surface area contributed by atoms with Gasteiger partial charge in [-0.2, -0.15) is 0 Å². The van der Waals surface area contributed by atoms with Crippen molar-refractivity contribution < 1.29 is 28.3 Å². The van der Waals surface area contributed by atoms with Crippen molar-refractivity contribution in [2.75, 3.05) is 6.54 Å². The van der Waals surface area contributed by atoms with Gasteiger partial charge in [-0.05, 0) is 60.6 Å². The predicted molar refractivity (Wildman–Crippen MR) is 150 cm³/mol. The number of benzene rings is 2. The van der Waals surface area contributed by atoms with E-state index >= 15 is 0 Å². The topological polar surface area (TPSA) is 114 Å². The van der Waals surface area contributed by atoms with Crippen LogP contribution >= 0.6 is 11.6 Å². The van der Waals surface area contributed by atoms with Crippen molar-refractivity contribution in [2.24, 2.45) is 11.8 Å². The van der Waals surface area contributed by atoms with Crippen LogP contribution in [0.15, 0.2) is 48.5 Å². The van der Waals surface area contributed by atoms with Gasteiger partial charge >= 0.3 is 6.09 Å². The molecule has 40 heavy (non-hydrogen) atoms. The quantitative estimate of drug-likeness (QED) is 0.314. The third kappa shape index (κ3) is 8.27. The number of carbonyl (C=O) groups is 4. The van der Waals surface area contributed by atoms with Crippen LogP contribution in [0.25, 0.3) is 0 Å². The molecule has 0 radical (unpaired) electrons. The minimum absolute atomic E-state index is 0.0215. The molecular weight excluding hydrogens is 537 g/mol. The molecule has 1 saturated heterocycles. The Labute approximate surface area is 239 Å². The Morgan fingerprint density at radius 1 is 1.18 bits per heavy atom. The number of halogens is 2. The molecule has 3 amide bonds. The number of carbonyl (C=O) groups excluding carboxylic acids is 4. The normalized spacial score (nSPS) is 17.5. The van der Waals surface area contributed by atoms with Crippen molar-refractivity contribution in [1.82, 2.24) is 16.0 Å². The van der Waals surface area contributed by atoms with E-state index < -0.39 is 41.4 Å². The third-order valence-electron chi connectivity index (χ3n) is 7.11. The van der Waals surface area contributed by atoms with Gasteiger partial charge in [0, 0.05) is 22.9 Å². The maximum atomic E-state index is 14.2. The van der Waals surface area contributed by atoms with E-state index in [0.29, 0.717) is 29.8 Å². The van der Waals surface area contributed by atoms with Crippen LogP contribution in [0, 0.1) is 17.7 Å². The average Bonchev–Trinajstić information content (AvgIpc) is 3.30. The summed E-state index contributed by atoms with van der Waals surface area (Å²) in [5.74, 6) is -1.53. The molecule has 0 bridgehead atoms. The lowest BCUT2D eigenvalue weighted by atomic mass is 9.76. The standard InChI is InChI=1S/C30H37ClFN3O5/c1-18(2)13-25(28(38)34-24(17-36)15-20-11-12-33-27(20)37)35-29(39)40-26(19-7-5-10-23(32)14-19)30(3,4)21-8-6-9-22(31)16-21/h5-10,14,16-18,20,24-26H,11-13,15H2,1-4H3,(H,33,37)(H,34,38)(H,35,39)/t20-,24-,25-,26+/m0/s1. The van der Waals surface area contributed by atoms with Crippen molar-refractivity contribution in [3.05, 3.63) is 70.5 Å². The summed E-state index contributed by atoms with van der Waals surface area (Å²) in [7, 11) is 0. The summed E-state index contributed by atoms with van der Waals surface area (Å²) >= 11 is 6.23. The lowest BCUT2D eigenvalue weighted by molar-refractivity contribution is -0.127. The SMILES string of the molecule is CC(C)C[C@H](NC(=O)O[C@H](c1cccc(F)c1)C(C)(C)c1cccc(Cl)c1)C(=O)N[C@H](C=O)C[C@@H]1CCNC1=O. The highest BCUT2D eigenvalue weighted by atomic mass is 35.5. The Bertz CT molecular complexity index is 1220. The number of hydrogen-bond acceptors (Lipinski definition) is 5. The molecule has 1 heterocycles. The van der Waals surface area contributed by atoms with E-state index in [4.69, 9.17) is 16.3 Å². The van der Waals surface area contributed by atoms with E-state index in [0.717, 1.165) is 5.56 Å². The molecule has 0 saturated carbocycles. The first-order valence-corrected chi connectivity index (χ1v) is 13.8. The van der Waals surface area contributed by atoms with Crippen molar-refractivity contribution in [2.45, 2.75) is 70.6 Å². The van der Waals surface area contributed by atoms with Gasteiger partial charge < -0.3 is 25.5 Å². The number of aldehydes is 1. The number of amides is 3. The van der Waals surface area contributed by atoms with E-state index in [2.05, 4.69) is 16.0 Å². The van der Waals surface area contributed by atoms with Crippen LogP contribution in [0.1, 0.15) is 64.2 Å². The Morgan fingerprint density at radius 2 is 1.90 bits per heavy atom. The van der Waals surface area contributed by atoms with Gasteiger partial charge in [0.15, 0.2) is 0 Å². The molecule has 0 spiro atoms. The molecule has 1 fully saturated rings. The van der Waals surface area contributed by atoms with Crippen LogP contribution in [-0.4, -0.2) is 42.8 Å².